The maximum atomic E-state index is 12.8. The number of carbonyl (C=O) groups is 1. The summed E-state index contributed by atoms with van der Waals surface area (Å²) in [4.78, 5) is 20.5. The van der Waals surface area contributed by atoms with E-state index in [2.05, 4.69) is 10.1 Å². The number of halogens is 3. The molecule has 0 atom stereocenters. The number of aromatic nitrogens is 1. The number of nitrogens with zero attached hydrogens (tertiary/aromatic N) is 1. The third-order valence-corrected chi connectivity index (χ3v) is 4.58. The number of hydrogen-bond acceptors (Lipinski definition) is 3. The standard InChI is InChI=1S/C20H15F3N2O2/c21-20(22,23)13-6-3-5-12(11-13)19(26)27-25-17-10-4-9-16-18(17)14-7-1-2-8-15(14)24-16/h1-3,5-8,11,24H,4,9-10H2/b25-17-. The molecule has 1 aromatic heterocycles. The second-order valence-corrected chi connectivity index (χ2v) is 6.37. The van der Waals surface area contributed by atoms with E-state index in [9.17, 15) is 18.0 Å². The van der Waals surface area contributed by atoms with Crippen molar-refractivity contribution in [3.05, 3.63) is 70.9 Å². The first-order chi connectivity index (χ1) is 12.9. The molecule has 1 aliphatic rings. The lowest BCUT2D eigenvalue weighted by Crippen LogP contribution is -2.13. The number of carbonyl (C=O) groups excluding carboxylic acids is 1. The molecule has 138 valence electrons. The van der Waals surface area contributed by atoms with E-state index in [1.165, 1.54) is 12.1 Å². The first kappa shape index (κ1) is 17.3. The molecular weight excluding hydrogens is 357 g/mol. The first-order valence-electron chi connectivity index (χ1n) is 8.49. The number of oxime groups is 1. The zero-order valence-electron chi connectivity index (χ0n) is 14.1. The van der Waals surface area contributed by atoms with Gasteiger partial charge in [-0.25, -0.2) is 4.79 Å². The molecule has 1 N–H and O–H groups in total. The summed E-state index contributed by atoms with van der Waals surface area (Å²) < 4.78 is 38.4. The van der Waals surface area contributed by atoms with Gasteiger partial charge in [0.25, 0.3) is 0 Å². The Labute approximate surface area is 152 Å². The summed E-state index contributed by atoms with van der Waals surface area (Å²) in [6.45, 7) is 0. The van der Waals surface area contributed by atoms with Gasteiger partial charge < -0.3 is 9.82 Å². The van der Waals surface area contributed by atoms with Gasteiger partial charge in [-0.3, -0.25) is 0 Å². The molecule has 0 unspecified atom stereocenters. The van der Waals surface area contributed by atoms with Gasteiger partial charge in [-0.1, -0.05) is 29.4 Å². The van der Waals surface area contributed by atoms with Gasteiger partial charge >= 0.3 is 12.1 Å². The number of hydrogen-bond donors (Lipinski definition) is 1. The van der Waals surface area contributed by atoms with E-state index in [0.717, 1.165) is 47.1 Å². The highest BCUT2D eigenvalue weighted by molar-refractivity contribution is 6.12. The number of aryl methyl sites for hydroxylation is 1. The Hall–Kier alpha value is -3.09. The fourth-order valence-corrected chi connectivity index (χ4v) is 3.34. The van der Waals surface area contributed by atoms with Gasteiger partial charge in [-0.15, -0.1) is 0 Å². The van der Waals surface area contributed by atoms with Crippen molar-refractivity contribution in [3.8, 4) is 0 Å². The van der Waals surface area contributed by atoms with Crippen LogP contribution in [0.15, 0.2) is 53.7 Å². The van der Waals surface area contributed by atoms with Crippen molar-refractivity contribution in [3.63, 3.8) is 0 Å². The van der Waals surface area contributed by atoms with E-state index in [1.54, 1.807) is 0 Å². The molecule has 3 aromatic rings. The second kappa shape index (κ2) is 6.57. The fraction of sp³-hybridized carbons (Fsp3) is 0.200. The van der Waals surface area contributed by atoms with Crippen LogP contribution in [0, 0.1) is 0 Å². The topological polar surface area (TPSA) is 54.4 Å². The minimum Gasteiger partial charge on any atom is -0.358 e. The van der Waals surface area contributed by atoms with Gasteiger partial charge in [-0.05, 0) is 43.5 Å². The number of alkyl halides is 3. The van der Waals surface area contributed by atoms with Crippen LogP contribution < -0.4 is 0 Å². The Morgan fingerprint density at radius 3 is 2.70 bits per heavy atom. The SMILES string of the molecule is O=C(O/N=C1/CCCc2[nH]c3ccccc3c21)c1cccc(C(F)(F)F)c1. The maximum Gasteiger partial charge on any atom is 0.416 e. The summed E-state index contributed by atoms with van der Waals surface area (Å²) >= 11 is 0. The molecule has 0 radical (unpaired) electrons. The number of H-pyrrole nitrogens is 1. The number of rotatable bonds is 2. The molecule has 4 nitrogen and oxygen atoms in total. The van der Waals surface area contributed by atoms with Crippen molar-refractivity contribution in [1.29, 1.82) is 0 Å². The first-order valence-corrected chi connectivity index (χ1v) is 8.49. The number of nitrogens with one attached hydrogen (secondary N) is 1. The Morgan fingerprint density at radius 1 is 1.07 bits per heavy atom. The van der Waals surface area contributed by atoms with Crippen LogP contribution in [0.25, 0.3) is 10.9 Å². The highest BCUT2D eigenvalue weighted by atomic mass is 19.4. The molecule has 27 heavy (non-hydrogen) atoms. The molecule has 2 aromatic carbocycles. The molecule has 0 saturated heterocycles. The van der Waals surface area contributed by atoms with Crippen LogP contribution in [0.2, 0.25) is 0 Å². The highest BCUT2D eigenvalue weighted by Gasteiger charge is 2.31. The summed E-state index contributed by atoms with van der Waals surface area (Å²) in [5, 5.41) is 4.97. The third-order valence-electron chi connectivity index (χ3n) is 4.58. The molecule has 4 rings (SSSR count). The van der Waals surface area contributed by atoms with Crippen LogP contribution in [0.4, 0.5) is 13.2 Å². The zero-order chi connectivity index (χ0) is 19.0. The van der Waals surface area contributed by atoms with Gasteiger partial charge in [0.05, 0.1) is 16.8 Å². The van der Waals surface area contributed by atoms with Crippen molar-refractivity contribution in [2.75, 3.05) is 0 Å². The molecule has 0 aliphatic heterocycles. The van der Waals surface area contributed by atoms with Crippen LogP contribution in [0.1, 0.15) is 40.0 Å². The Balaban J connectivity index is 1.62. The van der Waals surface area contributed by atoms with Crippen LogP contribution in [-0.4, -0.2) is 16.7 Å². The quantitative estimate of drug-likeness (QED) is 0.504. The minimum atomic E-state index is -4.52. The largest absolute Gasteiger partial charge is 0.416 e. The number of para-hydroxylation sites is 1. The fourth-order valence-electron chi connectivity index (χ4n) is 3.34. The molecule has 1 heterocycles. The van der Waals surface area contributed by atoms with Crippen molar-refractivity contribution in [2.45, 2.75) is 25.4 Å². The van der Waals surface area contributed by atoms with E-state index < -0.39 is 17.7 Å². The lowest BCUT2D eigenvalue weighted by molar-refractivity contribution is -0.137. The van der Waals surface area contributed by atoms with Gasteiger partial charge in [0.1, 0.15) is 0 Å². The Kier molecular flexibility index (Phi) is 4.22. The highest BCUT2D eigenvalue weighted by Crippen LogP contribution is 2.31. The van der Waals surface area contributed by atoms with Crippen molar-refractivity contribution in [2.24, 2.45) is 5.16 Å². The predicted octanol–water partition coefficient (Wildman–Crippen LogP) is 5.08. The van der Waals surface area contributed by atoms with E-state index in [4.69, 9.17) is 4.84 Å². The maximum absolute atomic E-state index is 12.8. The molecular formula is C20H15F3N2O2. The van der Waals surface area contributed by atoms with Gasteiger partial charge in [0, 0.05) is 22.2 Å². The number of aromatic amines is 1. The van der Waals surface area contributed by atoms with Gasteiger partial charge in [0.2, 0.25) is 0 Å². The molecule has 0 fully saturated rings. The molecule has 0 bridgehead atoms. The predicted molar refractivity (Wildman–Crippen MR) is 94.6 cm³/mol. The normalized spacial score (nSPS) is 15.7. The van der Waals surface area contributed by atoms with Crippen LogP contribution in [0.5, 0.6) is 0 Å². The Bertz CT molecular complexity index is 1050. The lowest BCUT2D eigenvalue weighted by atomic mass is 9.94. The van der Waals surface area contributed by atoms with E-state index >= 15 is 0 Å². The monoisotopic (exact) mass is 372 g/mol. The lowest BCUT2D eigenvalue weighted by Gasteiger charge is -2.13. The molecule has 0 spiro atoms. The summed E-state index contributed by atoms with van der Waals surface area (Å²) in [7, 11) is 0. The molecule has 1 aliphatic carbocycles. The average Bonchev–Trinajstić information content (AvgIpc) is 3.04. The smallest absolute Gasteiger partial charge is 0.358 e. The van der Waals surface area contributed by atoms with Gasteiger partial charge in [0.15, 0.2) is 0 Å². The van der Waals surface area contributed by atoms with E-state index in [-0.39, 0.29) is 5.56 Å². The molecule has 0 saturated carbocycles. The third kappa shape index (κ3) is 3.32. The van der Waals surface area contributed by atoms with Crippen LogP contribution >= 0.6 is 0 Å². The number of benzene rings is 2. The summed E-state index contributed by atoms with van der Waals surface area (Å²) in [5.74, 6) is -0.916. The number of fused-ring (bicyclic) bond motifs is 3. The van der Waals surface area contributed by atoms with E-state index in [1.807, 2.05) is 24.3 Å². The van der Waals surface area contributed by atoms with Gasteiger partial charge in [-0.2, -0.15) is 13.2 Å². The molecule has 7 heteroatoms. The summed E-state index contributed by atoms with van der Waals surface area (Å²) in [5.41, 5.74) is 2.44. The van der Waals surface area contributed by atoms with E-state index in [0.29, 0.717) is 12.1 Å². The summed E-state index contributed by atoms with van der Waals surface area (Å²) in [6, 6.07) is 11.9. The Morgan fingerprint density at radius 2 is 1.89 bits per heavy atom. The van der Waals surface area contributed by atoms with Crippen LogP contribution in [-0.2, 0) is 17.4 Å². The van der Waals surface area contributed by atoms with Crippen molar-refractivity contribution < 1.29 is 22.8 Å². The van der Waals surface area contributed by atoms with Crippen molar-refractivity contribution in [1.82, 2.24) is 4.98 Å². The summed E-state index contributed by atoms with van der Waals surface area (Å²) in [6.07, 6.45) is -2.18. The molecule has 0 amide bonds. The minimum absolute atomic E-state index is 0.191. The van der Waals surface area contributed by atoms with Crippen LogP contribution in [0.3, 0.4) is 0 Å². The second-order valence-electron chi connectivity index (χ2n) is 6.37. The average molecular weight is 372 g/mol. The zero-order valence-corrected chi connectivity index (χ0v) is 14.1. The van der Waals surface area contributed by atoms with Crippen molar-refractivity contribution >= 4 is 22.6 Å².